The number of halogens is 4. The molecule has 2 aromatic rings. The van der Waals surface area contributed by atoms with Crippen molar-refractivity contribution in [1.29, 1.82) is 0 Å². The second-order valence-corrected chi connectivity index (χ2v) is 6.50. The van der Waals surface area contributed by atoms with Gasteiger partial charge in [0.15, 0.2) is 0 Å². The second kappa shape index (κ2) is 7.07. The molecule has 1 aliphatic rings. The highest BCUT2D eigenvalue weighted by atomic mass is 35.5. The van der Waals surface area contributed by atoms with Crippen molar-refractivity contribution in [2.75, 3.05) is 6.54 Å². The highest BCUT2D eigenvalue weighted by molar-refractivity contribution is 6.30. The summed E-state index contributed by atoms with van der Waals surface area (Å²) in [6.07, 6.45) is -1.92. The largest absolute Gasteiger partial charge is 0.332 e. The summed E-state index contributed by atoms with van der Waals surface area (Å²) in [6, 6.07) is 5.62. The first-order valence-corrected chi connectivity index (χ1v) is 8.28. The van der Waals surface area contributed by atoms with Crippen LogP contribution in [0.1, 0.15) is 47.1 Å². The molecule has 2 heterocycles. The third-order valence-electron chi connectivity index (χ3n) is 4.38. The normalized spacial score (nSPS) is 18.8. The fraction of sp³-hybridized carbons (Fsp3) is 0.412. The summed E-state index contributed by atoms with van der Waals surface area (Å²) in [6.45, 7) is 0.328. The van der Waals surface area contributed by atoms with Crippen LogP contribution in [0, 0.1) is 0 Å². The SMILES string of the molecule is Cn1cc(C(=O)N2CCCC2C(F)c2ccc(Cl)cc2)c(C(F)F)n1. The number of alkyl halides is 3. The van der Waals surface area contributed by atoms with E-state index in [1.807, 2.05) is 0 Å². The van der Waals surface area contributed by atoms with E-state index in [0.717, 1.165) is 0 Å². The van der Waals surface area contributed by atoms with Crippen LogP contribution < -0.4 is 0 Å². The zero-order valence-electron chi connectivity index (χ0n) is 13.5. The first-order valence-electron chi connectivity index (χ1n) is 7.90. The van der Waals surface area contributed by atoms with Gasteiger partial charge < -0.3 is 4.90 Å². The monoisotopic (exact) mass is 371 g/mol. The van der Waals surface area contributed by atoms with E-state index in [1.165, 1.54) is 22.8 Å². The molecule has 2 atom stereocenters. The van der Waals surface area contributed by atoms with Crippen molar-refractivity contribution in [3.63, 3.8) is 0 Å². The Hall–Kier alpha value is -2.02. The van der Waals surface area contributed by atoms with Gasteiger partial charge >= 0.3 is 0 Å². The van der Waals surface area contributed by atoms with Gasteiger partial charge in [-0.3, -0.25) is 9.48 Å². The molecule has 1 aliphatic heterocycles. The molecule has 8 heteroatoms. The van der Waals surface area contributed by atoms with Gasteiger partial charge in [0.25, 0.3) is 12.3 Å². The van der Waals surface area contributed by atoms with Crippen molar-refractivity contribution in [2.24, 2.45) is 7.05 Å². The molecule has 0 radical (unpaired) electrons. The number of aromatic nitrogens is 2. The summed E-state index contributed by atoms with van der Waals surface area (Å²) in [5, 5.41) is 4.14. The molecule has 0 bridgehead atoms. The van der Waals surface area contributed by atoms with Crippen molar-refractivity contribution in [3.05, 3.63) is 52.3 Å². The summed E-state index contributed by atoms with van der Waals surface area (Å²) < 4.78 is 42.4. The van der Waals surface area contributed by atoms with Gasteiger partial charge in [-0.05, 0) is 30.5 Å². The smallest absolute Gasteiger partial charge is 0.282 e. The zero-order chi connectivity index (χ0) is 18.1. The molecule has 0 saturated carbocycles. The van der Waals surface area contributed by atoms with Gasteiger partial charge in [-0.15, -0.1) is 0 Å². The topological polar surface area (TPSA) is 38.1 Å². The molecular formula is C17H17ClF3N3O. The minimum Gasteiger partial charge on any atom is -0.332 e. The molecule has 0 N–H and O–H groups in total. The molecule has 4 nitrogen and oxygen atoms in total. The number of amides is 1. The van der Waals surface area contributed by atoms with Gasteiger partial charge in [-0.25, -0.2) is 13.2 Å². The Balaban J connectivity index is 1.86. The van der Waals surface area contributed by atoms with Crippen LogP contribution in [0.5, 0.6) is 0 Å². The summed E-state index contributed by atoms with van der Waals surface area (Å²) in [4.78, 5) is 14.1. The molecule has 0 aliphatic carbocycles. The van der Waals surface area contributed by atoms with Gasteiger partial charge in [0.2, 0.25) is 0 Å². The molecule has 1 amide bonds. The number of likely N-dealkylation sites (tertiary alicyclic amines) is 1. The molecule has 1 aromatic heterocycles. The summed E-state index contributed by atoms with van der Waals surface area (Å²) in [7, 11) is 1.47. The molecule has 0 spiro atoms. The van der Waals surface area contributed by atoms with Crippen LogP contribution in [0.3, 0.4) is 0 Å². The summed E-state index contributed by atoms with van der Waals surface area (Å²) in [5.74, 6) is -0.609. The lowest BCUT2D eigenvalue weighted by molar-refractivity contribution is 0.0640. The molecule has 25 heavy (non-hydrogen) atoms. The van der Waals surface area contributed by atoms with Crippen LogP contribution in [0.25, 0.3) is 0 Å². The minimum absolute atomic E-state index is 0.173. The highest BCUT2D eigenvalue weighted by Gasteiger charge is 2.38. The van der Waals surface area contributed by atoms with Gasteiger partial charge in [-0.2, -0.15) is 5.10 Å². The number of carbonyl (C=O) groups is 1. The second-order valence-electron chi connectivity index (χ2n) is 6.06. The van der Waals surface area contributed by atoms with Crippen molar-refractivity contribution < 1.29 is 18.0 Å². The number of nitrogens with zero attached hydrogens (tertiary/aromatic N) is 3. The molecule has 1 fully saturated rings. The Morgan fingerprint density at radius 1 is 1.28 bits per heavy atom. The van der Waals surface area contributed by atoms with Crippen molar-refractivity contribution in [2.45, 2.75) is 31.5 Å². The number of aryl methyl sites for hydroxylation is 1. The molecule has 1 saturated heterocycles. The van der Waals surface area contributed by atoms with Crippen molar-refractivity contribution in [3.8, 4) is 0 Å². The maximum Gasteiger partial charge on any atom is 0.282 e. The van der Waals surface area contributed by atoms with Crippen LogP contribution >= 0.6 is 11.6 Å². The van der Waals surface area contributed by atoms with E-state index >= 15 is 0 Å². The Kier molecular flexibility index (Phi) is 5.03. The number of hydrogen-bond acceptors (Lipinski definition) is 2. The van der Waals surface area contributed by atoms with Gasteiger partial charge in [0, 0.05) is 24.8 Å². The Bertz CT molecular complexity index is 763. The standard InChI is InChI=1S/C17H17ClF3N3O/c1-23-9-12(15(22-23)16(20)21)17(25)24-8-2-3-13(24)14(19)10-4-6-11(18)7-5-10/h4-7,9,13-14,16H,2-3,8H2,1H3. The fourth-order valence-corrected chi connectivity index (χ4v) is 3.33. The van der Waals surface area contributed by atoms with E-state index in [4.69, 9.17) is 11.6 Å². The minimum atomic E-state index is -2.86. The van der Waals surface area contributed by atoms with Crippen LogP contribution in [0.15, 0.2) is 30.5 Å². The quantitative estimate of drug-likeness (QED) is 0.802. The number of rotatable bonds is 4. The molecule has 134 valence electrons. The molecule has 1 aromatic carbocycles. The molecule has 2 unspecified atom stereocenters. The van der Waals surface area contributed by atoms with Gasteiger partial charge in [0.05, 0.1) is 11.6 Å². The van der Waals surface area contributed by atoms with Crippen LogP contribution in [0.4, 0.5) is 13.2 Å². The average molecular weight is 372 g/mol. The van der Waals surface area contributed by atoms with Gasteiger partial charge in [0.1, 0.15) is 11.9 Å². The first kappa shape index (κ1) is 17.8. The number of benzene rings is 1. The van der Waals surface area contributed by atoms with E-state index < -0.39 is 30.2 Å². The Labute approximate surface area is 148 Å². The maximum atomic E-state index is 15.0. The van der Waals surface area contributed by atoms with E-state index in [0.29, 0.717) is 30.0 Å². The average Bonchev–Trinajstić information content (AvgIpc) is 3.21. The molecular weight excluding hydrogens is 355 g/mol. The van der Waals surface area contributed by atoms with Crippen molar-refractivity contribution in [1.82, 2.24) is 14.7 Å². The van der Waals surface area contributed by atoms with E-state index in [2.05, 4.69) is 5.10 Å². The van der Waals surface area contributed by atoms with E-state index in [-0.39, 0.29) is 5.56 Å². The highest BCUT2D eigenvalue weighted by Crippen LogP contribution is 2.34. The number of hydrogen-bond donors (Lipinski definition) is 0. The maximum absolute atomic E-state index is 15.0. The first-order chi connectivity index (χ1) is 11.9. The van der Waals surface area contributed by atoms with E-state index in [9.17, 15) is 18.0 Å². The fourth-order valence-electron chi connectivity index (χ4n) is 3.20. The summed E-state index contributed by atoms with van der Waals surface area (Å²) in [5.41, 5.74) is -0.331. The zero-order valence-corrected chi connectivity index (χ0v) is 14.3. The predicted molar refractivity (Wildman–Crippen MR) is 87.5 cm³/mol. The Morgan fingerprint density at radius 2 is 1.96 bits per heavy atom. The van der Waals surface area contributed by atoms with Crippen LogP contribution in [-0.4, -0.2) is 33.2 Å². The summed E-state index contributed by atoms with van der Waals surface area (Å²) >= 11 is 5.82. The Morgan fingerprint density at radius 3 is 2.60 bits per heavy atom. The van der Waals surface area contributed by atoms with Crippen LogP contribution in [0.2, 0.25) is 5.02 Å². The third-order valence-corrected chi connectivity index (χ3v) is 4.63. The third kappa shape index (κ3) is 3.51. The predicted octanol–water partition coefficient (Wildman–Crippen LogP) is 4.33. The lowest BCUT2D eigenvalue weighted by Crippen LogP contribution is -2.38. The van der Waals surface area contributed by atoms with E-state index in [1.54, 1.807) is 24.3 Å². The van der Waals surface area contributed by atoms with Crippen LogP contribution in [-0.2, 0) is 7.05 Å². The van der Waals surface area contributed by atoms with Gasteiger partial charge in [-0.1, -0.05) is 23.7 Å². The lowest BCUT2D eigenvalue weighted by atomic mass is 10.0. The lowest BCUT2D eigenvalue weighted by Gasteiger charge is -2.27. The molecule has 3 rings (SSSR count). The number of carbonyl (C=O) groups excluding carboxylic acids is 1. The van der Waals surface area contributed by atoms with Crippen molar-refractivity contribution >= 4 is 17.5 Å².